The number of aromatic nitrogens is 2. The van der Waals surface area contributed by atoms with Crippen LogP contribution in [0.4, 0.5) is 13.2 Å². The molecule has 202 valence electrons. The van der Waals surface area contributed by atoms with Gasteiger partial charge in [0, 0.05) is 29.9 Å². The number of hydrogen-bond donors (Lipinski definition) is 4. The minimum Gasteiger partial charge on any atom is -0.475 e. The summed E-state index contributed by atoms with van der Waals surface area (Å²) in [7, 11) is 0. The molecule has 3 aromatic rings. The third-order valence-electron chi connectivity index (χ3n) is 5.87. The Labute approximate surface area is 222 Å². The second-order valence-electron chi connectivity index (χ2n) is 8.51. The number of aliphatic imine (C=N–C) groups is 1. The Morgan fingerprint density at radius 3 is 2.50 bits per heavy atom. The lowest BCUT2D eigenvalue weighted by atomic mass is 10.1. The molecule has 1 aromatic carbocycles. The van der Waals surface area contributed by atoms with Crippen molar-refractivity contribution in [2.45, 2.75) is 25.1 Å². The topological polar surface area (TPSA) is 123 Å². The van der Waals surface area contributed by atoms with Gasteiger partial charge in [0.25, 0.3) is 5.91 Å². The lowest BCUT2D eigenvalue weighted by molar-refractivity contribution is -0.192. The van der Waals surface area contributed by atoms with Gasteiger partial charge >= 0.3 is 12.1 Å². The number of carboxylic acid groups (broad SMARTS) is 1. The Morgan fingerprint density at radius 2 is 1.84 bits per heavy atom. The van der Waals surface area contributed by atoms with E-state index in [-0.39, 0.29) is 24.4 Å². The molecule has 2 aliphatic rings. The van der Waals surface area contributed by atoms with E-state index in [0.717, 1.165) is 36.2 Å². The predicted molar refractivity (Wildman–Crippen MR) is 139 cm³/mol. The number of carbonyl (C=O) groups is 2. The van der Waals surface area contributed by atoms with Crippen LogP contribution in [0, 0.1) is 0 Å². The molecule has 1 saturated heterocycles. The molecule has 1 fully saturated rings. The van der Waals surface area contributed by atoms with Crippen molar-refractivity contribution < 1.29 is 27.9 Å². The number of nitrogens with one attached hydrogen (secondary N) is 3. The Balaban J connectivity index is 0.000000444. The second kappa shape index (κ2) is 12.6. The summed E-state index contributed by atoms with van der Waals surface area (Å²) in [5, 5.41) is 14.4. The molecular formula is C25H26ClF3N6O3. The molecule has 4 N–H and O–H groups in total. The number of halogens is 4. The van der Waals surface area contributed by atoms with Gasteiger partial charge in [-0.3, -0.25) is 10.1 Å². The van der Waals surface area contributed by atoms with Crippen molar-refractivity contribution >= 4 is 47.4 Å². The summed E-state index contributed by atoms with van der Waals surface area (Å²) in [6.45, 7) is 3.11. The number of aliphatic carboxylic acids is 1. The first-order valence-corrected chi connectivity index (χ1v) is 11.6. The smallest absolute Gasteiger partial charge is 0.475 e. The van der Waals surface area contributed by atoms with Gasteiger partial charge in [0.05, 0.1) is 6.04 Å². The monoisotopic (exact) mass is 550 g/mol. The van der Waals surface area contributed by atoms with Gasteiger partial charge < -0.3 is 20.3 Å². The molecule has 4 heterocycles. The van der Waals surface area contributed by atoms with Crippen LogP contribution in [0.3, 0.4) is 0 Å². The van der Waals surface area contributed by atoms with E-state index < -0.39 is 12.1 Å². The number of carbonyl (C=O) groups excluding carboxylic acids is 1. The van der Waals surface area contributed by atoms with Gasteiger partial charge in [-0.25, -0.2) is 14.8 Å². The number of rotatable bonds is 5. The van der Waals surface area contributed by atoms with Crippen LogP contribution < -0.4 is 10.6 Å². The summed E-state index contributed by atoms with van der Waals surface area (Å²) in [6.07, 6.45) is 2.78. The summed E-state index contributed by atoms with van der Waals surface area (Å²) in [4.78, 5) is 35.9. The molecule has 13 heteroatoms. The van der Waals surface area contributed by atoms with E-state index >= 15 is 0 Å². The van der Waals surface area contributed by atoms with E-state index in [9.17, 15) is 18.0 Å². The highest BCUT2D eigenvalue weighted by atomic mass is 35.5. The third-order valence-corrected chi connectivity index (χ3v) is 5.87. The number of guanidine groups is 1. The van der Waals surface area contributed by atoms with Crippen molar-refractivity contribution in [3.63, 3.8) is 0 Å². The van der Waals surface area contributed by atoms with E-state index in [1.807, 2.05) is 36.5 Å². The van der Waals surface area contributed by atoms with Crippen molar-refractivity contribution in [1.29, 1.82) is 0 Å². The maximum atomic E-state index is 12.5. The number of fused-ring (bicyclic) bond motifs is 1. The first kappa shape index (κ1) is 28.7. The van der Waals surface area contributed by atoms with Crippen LogP contribution in [0.2, 0.25) is 0 Å². The van der Waals surface area contributed by atoms with E-state index in [2.05, 4.69) is 42.6 Å². The predicted octanol–water partition coefficient (Wildman–Crippen LogP) is 3.87. The first-order valence-electron chi connectivity index (χ1n) is 11.6. The molecule has 5 rings (SSSR count). The number of aromatic amines is 1. The fourth-order valence-corrected chi connectivity index (χ4v) is 4.09. The fourth-order valence-electron chi connectivity index (χ4n) is 4.09. The number of alkyl halides is 3. The Kier molecular flexibility index (Phi) is 9.48. The van der Waals surface area contributed by atoms with Crippen LogP contribution in [-0.2, 0) is 9.59 Å². The second-order valence-corrected chi connectivity index (χ2v) is 8.51. The standard InChI is InChI=1S/C23H24N6O.C2HF3O2.ClH/c30-22-19(13-17-14-25-21-18(17)9-6-10-24-21)26-23(28-22)27-20(15-29-11-4-5-12-29)16-7-2-1-3-8-16;3-2(4,5)1(6)7;/h1-3,6-10,13-14,20H,4-5,11-12,15H2,(H,24,25)(H2,26,27,28,30);(H,6,7);1H/b19-13-;;/t20-;;/m1../s1. The molecule has 1 atom stereocenters. The van der Waals surface area contributed by atoms with Gasteiger partial charge in [-0.05, 0) is 49.7 Å². The summed E-state index contributed by atoms with van der Waals surface area (Å²) < 4.78 is 31.7. The molecule has 2 aliphatic heterocycles. The number of nitrogens with zero attached hydrogens (tertiary/aromatic N) is 3. The minimum atomic E-state index is -5.08. The van der Waals surface area contributed by atoms with Crippen LogP contribution >= 0.6 is 12.4 Å². The summed E-state index contributed by atoms with van der Waals surface area (Å²) in [5.74, 6) is -2.46. The van der Waals surface area contributed by atoms with Crippen LogP contribution in [0.15, 0.2) is 65.5 Å². The lowest BCUT2D eigenvalue weighted by Gasteiger charge is -2.25. The van der Waals surface area contributed by atoms with Gasteiger partial charge in [0.15, 0.2) is 0 Å². The van der Waals surface area contributed by atoms with Crippen molar-refractivity contribution in [2.24, 2.45) is 4.99 Å². The zero-order valence-electron chi connectivity index (χ0n) is 20.0. The molecule has 0 unspecified atom stereocenters. The largest absolute Gasteiger partial charge is 0.490 e. The van der Waals surface area contributed by atoms with E-state index in [1.54, 1.807) is 12.3 Å². The number of amides is 1. The summed E-state index contributed by atoms with van der Waals surface area (Å²) in [5.41, 5.74) is 3.25. The van der Waals surface area contributed by atoms with Gasteiger partial charge in [-0.1, -0.05) is 30.3 Å². The van der Waals surface area contributed by atoms with Crippen LogP contribution in [0.1, 0.15) is 30.0 Å². The molecule has 0 aliphatic carbocycles. The number of pyridine rings is 1. The number of likely N-dealkylation sites (tertiary alicyclic amines) is 1. The van der Waals surface area contributed by atoms with Crippen molar-refractivity contribution in [3.05, 3.63) is 71.7 Å². The highest BCUT2D eigenvalue weighted by Gasteiger charge is 2.38. The maximum absolute atomic E-state index is 12.5. The zero-order chi connectivity index (χ0) is 26.4. The lowest BCUT2D eigenvalue weighted by Crippen LogP contribution is -2.42. The SMILES string of the molecule is Cl.O=C(O)C(F)(F)F.O=C1NC(N[C@H](CN2CCCC2)c2ccccc2)=N/C1=C\c1c[nH]c2ncccc12. The van der Waals surface area contributed by atoms with Crippen LogP contribution in [-0.4, -0.2) is 63.6 Å². The molecule has 0 radical (unpaired) electrons. The van der Waals surface area contributed by atoms with Crippen LogP contribution in [0.25, 0.3) is 17.1 Å². The van der Waals surface area contributed by atoms with E-state index in [4.69, 9.17) is 9.90 Å². The van der Waals surface area contributed by atoms with E-state index in [1.165, 1.54) is 18.4 Å². The average molecular weight is 551 g/mol. The molecular weight excluding hydrogens is 525 g/mol. The number of H-pyrrole nitrogens is 1. The van der Waals surface area contributed by atoms with Gasteiger partial charge in [-0.15, -0.1) is 12.4 Å². The molecule has 1 amide bonds. The van der Waals surface area contributed by atoms with E-state index in [0.29, 0.717) is 11.7 Å². The maximum Gasteiger partial charge on any atom is 0.490 e. The van der Waals surface area contributed by atoms with Gasteiger partial charge in [0.1, 0.15) is 11.3 Å². The number of benzene rings is 1. The number of hydrogen-bond acceptors (Lipinski definition) is 6. The zero-order valence-corrected chi connectivity index (χ0v) is 20.9. The molecule has 0 saturated carbocycles. The highest BCUT2D eigenvalue weighted by molar-refractivity contribution is 6.14. The van der Waals surface area contributed by atoms with Crippen LogP contribution in [0.5, 0.6) is 0 Å². The Bertz CT molecular complexity index is 1320. The Morgan fingerprint density at radius 1 is 1.16 bits per heavy atom. The fraction of sp³-hybridized carbons (Fsp3) is 0.280. The minimum absolute atomic E-state index is 0. The molecule has 38 heavy (non-hydrogen) atoms. The van der Waals surface area contributed by atoms with Crippen molar-refractivity contribution in [1.82, 2.24) is 25.5 Å². The average Bonchev–Trinajstić information content (AvgIpc) is 3.61. The molecule has 9 nitrogen and oxygen atoms in total. The highest BCUT2D eigenvalue weighted by Crippen LogP contribution is 2.22. The van der Waals surface area contributed by atoms with Crippen molar-refractivity contribution in [2.75, 3.05) is 19.6 Å². The quantitative estimate of drug-likeness (QED) is 0.358. The van der Waals surface area contributed by atoms with Crippen molar-refractivity contribution in [3.8, 4) is 0 Å². The summed E-state index contributed by atoms with van der Waals surface area (Å²) >= 11 is 0. The molecule has 0 spiro atoms. The third kappa shape index (κ3) is 7.33. The van der Waals surface area contributed by atoms with Gasteiger partial charge in [0.2, 0.25) is 5.96 Å². The number of carboxylic acids is 1. The molecule has 0 bridgehead atoms. The first-order chi connectivity index (χ1) is 17.7. The summed E-state index contributed by atoms with van der Waals surface area (Å²) in [6, 6.07) is 14.2. The molecule has 2 aromatic heterocycles. The normalized spacial score (nSPS) is 17.3. The van der Waals surface area contributed by atoms with Gasteiger partial charge in [-0.2, -0.15) is 13.2 Å². The Hall–Kier alpha value is -3.90.